The van der Waals surface area contributed by atoms with Crippen molar-refractivity contribution in [3.8, 4) is 0 Å². The van der Waals surface area contributed by atoms with Crippen molar-refractivity contribution in [3.05, 3.63) is 46.6 Å². The van der Waals surface area contributed by atoms with Crippen LogP contribution in [-0.4, -0.2) is 16.9 Å². The molecule has 0 heterocycles. The minimum Gasteiger partial charge on any atom is -0.477 e. The average Bonchev–Trinajstić information content (AvgIpc) is 2.18. The summed E-state index contributed by atoms with van der Waals surface area (Å²) in [5.74, 6) is -1.86. The van der Waals surface area contributed by atoms with Gasteiger partial charge in [0.15, 0.2) is 5.78 Å². The fraction of sp³-hybridized carbons (Fsp3) is 0. The highest BCUT2D eigenvalue weighted by Crippen LogP contribution is 2.15. The number of carbonyl (C=O) groups is 2. The molecule has 0 saturated carbocycles. The topological polar surface area (TPSA) is 80.4 Å². The number of aliphatic carboxylic acids is 1. The van der Waals surface area contributed by atoms with Gasteiger partial charge in [-0.2, -0.15) is 0 Å². The molecule has 0 aromatic heterocycles. The highest BCUT2D eigenvalue weighted by Gasteiger charge is 2.10. The second-order valence-electron chi connectivity index (χ2n) is 2.75. The van der Waals surface area contributed by atoms with Gasteiger partial charge in [0.05, 0.1) is 5.02 Å². The summed E-state index contributed by atoms with van der Waals surface area (Å²) in [6, 6.07) is 6.34. The fourth-order valence-corrected chi connectivity index (χ4v) is 1.17. The van der Waals surface area contributed by atoms with Crippen LogP contribution in [0.4, 0.5) is 0 Å². The number of benzene rings is 1. The van der Waals surface area contributed by atoms with Gasteiger partial charge in [-0.15, -0.1) is 0 Å². The molecule has 0 radical (unpaired) electrons. The molecule has 5 heteroatoms. The molecule has 78 valence electrons. The zero-order valence-electron chi connectivity index (χ0n) is 7.61. The summed E-state index contributed by atoms with van der Waals surface area (Å²) in [5.41, 5.74) is 4.81. The van der Waals surface area contributed by atoms with Crippen LogP contribution in [0, 0.1) is 0 Å². The predicted molar refractivity (Wildman–Crippen MR) is 55.7 cm³/mol. The molecule has 0 spiro atoms. The summed E-state index contributed by atoms with van der Waals surface area (Å²) in [6.07, 6.45) is 0.837. The third-order valence-electron chi connectivity index (χ3n) is 1.67. The van der Waals surface area contributed by atoms with Crippen LogP contribution < -0.4 is 5.73 Å². The number of carbonyl (C=O) groups excluding carboxylic acids is 1. The Balaban J connectivity index is 3.02. The van der Waals surface area contributed by atoms with Crippen LogP contribution in [0.15, 0.2) is 36.0 Å². The van der Waals surface area contributed by atoms with Crippen molar-refractivity contribution < 1.29 is 14.7 Å². The Labute approximate surface area is 91.0 Å². The molecule has 0 amide bonds. The maximum Gasteiger partial charge on any atom is 0.351 e. The Morgan fingerprint density at radius 3 is 2.47 bits per heavy atom. The van der Waals surface area contributed by atoms with E-state index >= 15 is 0 Å². The smallest absolute Gasteiger partial charge is 0.351 e. The first-order chi connectivity index (χ1) is 7.02. The molecular formula is C10H8ClNO3. The third-order valence-corrected chi connectivity index (χ3v) is 2.00. The molecule has 0 bridgehead atoms. The molecule has 4 nitrogen and oxygen atoms in total. The van der Waals surface area contributed by atoms with Crippen molar-refractivity contribution in [1.82, 2.24) is 0 Å². The molecule has 0 aliphatic carbocycles. The molecule has 0 saturated heterocycles. The summed E-state index contributed by atoms with van der Waals surface area (Å²) in [6.45, 7) is 0. The maximum absolute atomic E-state index is 11.5. The van der Waals surface area contributed by atoms with E-state index < -0.39 is 17.4 Å². The lowest BCUT2D eigenvalue weighted by atomic mass is 10.1. The first-order valence-corrected chi connectivity index (χ1v) is 4.39. The van der Waals surface area contributed by atoms with E-state index in [4.69, 9.17) is 22.4 Å². The molecule has 0 aliphatic rings. The quantitative estimate of drug-likeness (QED) is 0.603. The van der Waals surface area contributed by atoms with E-state index in [0.29, 0.717) is 0 Å². The summed E-state index contributed by atoms with van der Waals surface area (Å²) in [5, 5.41) is 8.73. The van der Waals surface area contributed by atoms with E-state index in [2.05, 4.69) is 0 Å². The molecule has 0 unspecified atom stereocenters. The van der Waals surface area contributed by atoms with Gasteiger partial charge in [0.1, 0.15) is 5.70 Å². The minimum atomic E-state index is -1.34. The molecule has 1 aromatic carbocycles. The number of carboxylic acids is 1. The van der Waals surface area contributed by atoms with Crippen molar-refractivity contribution in [2.75, 3.05) is 0 Å². The maximum atomic E-state index is 11.5. The molecule has 3 N–H and O–H groups in total. The predicted octanol–water partition coefficient (Wildman–Crippen LogP) is 1.45. The second-order valence-corrected chi connectivity index (χ2v) is 3.16. The van der Waals surface area contributed by atoms with Crippen LogP contribution in [0.3, 0.4) is 0 Å². The van der Waals surface area contributed by atoms with Gasteiger partial charge in [-0.05, 0) is 12.1 Å². The first kappa shape index (κ1) is 11.3. The van der Waals surface area contributed by atoms with Gasteiger partial charge in [-0.3, -0.25) is 4.79 Å². The Bertz CT molecular complexity index is 440. The van der Waals surface area contributed by atoms with E-state index in [1.807, 2.05) is 0 Å². The molecule has 15 heavy (non-hydrogen) atoms. The molecule has 1 aromatic rings. The van der Waals surface area contributed by atoms with Gasteiger partial charge < -0.3 is 10.8 Å². The van der Waals surface area contributed by atoms with Gasteiger partial charge in [-0.1, -0.05) is 23.7 Å². The van der Waals surface area contributed by atoms with E-state index in [-0.39, 0.29) is 10.6 Å². The molecule has 1 rings (SSSR count). The lowest BCUT2D eigenvalue weighted by Gasteiger charge is -1.99. The van der Waals surface area contributed by atoms with Crippen LogP contribution in [0.2, 0.25) is 5.02 Å². The Hall–Kier alpha value is -1.81. The Morgan fingerprint density at radius 2 is 1.93 bits per heavy atom. The van der Waals surface area contributed by atoms with Gasteiger partial charge in [0.25, 0.3) is 0 Å². The van der Waals surface area contributed by atoms with Crippen molar-refractivity contribution in [2.24, 2.45) is 5.73 Å². The van der Waals surface area contributed by atoms with E-state index in [9.17, 15) is 9.59 Å². The number of allylic oxidation sites excluding steroid dienone is 1. The van der Waals surface area contributed by atoms with Crippen LogP contribution in [0.25, 0.3) is 0 Å². The third kappa shape index (κ3) is 2.82. The number of ketones is 1. The zero-order valence-corrected chi connectivity index (χ0v) is 8.36. The van der Waals surface area contributed by atoms with Gasteiger partial charge in [0.2, 0.25) is 0 Å². The van der Waals surface area contributed by atoms with Crippen molar-refractivity contribution in [2.45, 2.75) is 0 Å². The first-order valence-electron chi connectivity index (χ1n) is 4.01. The summed E-state index contributed by atoms with van der Waals surface area (Å²) < 4.78 is 0. The molecule has 0 aliphatic heterocycles. The lowest BCUT2D eigenvalue weighted by molar-refractivity contribution is -0.132. The number of nitrogens with two attached hydrogens (primary N) is 1. The summed E-state index contributed by atoms with van der Waals surface area (Å²) >= 11 is 5.74. The summed E-state index contributed by atoms with van der Waals surface area (Å²) in [7, 11) is 0. The van der Waals surface area contributed by atoms with Crippen LogP contribution in [0.5, 0.6) is 0 Å². The van der Waals surface area contributed by atoms with Crippen LogP contribution in [-0.2, 0) is 4.79 Å². The van der Waals surface area contributed by atoms with E-state index in [0.717, 1.165) is 6.08 Å². The second kappa shape index (κ2) is 4.61. The number of hydrogen-bond donors (Lipinski definition) is 2. The average molecular weight is 226 g/mol. The van der Waals surface area contributed by atoms with Crippen LogP contribution in [0.1, 0.15) is 10.4 Å². The van der Waals surface area contributed by atoms with Gasteiger partial charge >= 0.3 is 5.97 Å². The summed E-state index contributed by atoms with van der Waals surface area (Å²) in [4.78, 5) is 21.8. The van der Waals surface area contributed by atoms with Crippen LogP contribution >= 0.6 is 11.6 Å². The highest BCUT2D eigenvalue weighted by molar-refractivity contribution is 6.34. The standard InChI is InChI=1S/C10H8ClNO3/c11-7-4-2-1-3-6(7)9(13)5-8(12)10(14)15/h1-5H,12H2,(H,14,15)/b8-5+. The van der Waals surface area contributed by atoms with Crippen molar-refractivity contribution in [1.29, 1.82) is 0 Å². The lowest BCUT2D eigenvalue weighted by Crippen LogP contribution is -2.12. The highest BCUT2D eigenvalue weighted by atomic mass is 35.5. The minimum absolute atomic E-state index is 0.225. The molecular weight excluding hydrogens is 218 g/mol. The SMILES string of the molecule is N/C(=C/C(=O)c1ccccc1Cl)C(=O)O. The Kier molecular flexibility index (Phi) is 3.46. The van der Waals surface area contributed by atoms with Gasteiger partial charge in [0, 0.05) is 11.6 Å². The van der Waals surface area contributed by atoms with E-state index in [1.54, 1.807) is 18.2 Å². The van der Waals surface area contributed by atoms with Crippen molar-refractivity contribution >= 4 is 23.4 Å². The number of hydrogen-bond acceptors (Lipinski definition) is 3. The normalized spacial score (nSPS) is 11.1. The zero-order chi connectivity index (χ0) is 11.4. The number of rotatable bonds is 3. The Morgan fingerprint density at radius 1 is 1.33 bits per heavy atom. The molecule has 0 fully saturated rings. The monoisotopic (exact) mass is 225 g/mol. The largest absolute Gasteiger partial charge is 0.477 e. The van der Waals surface area contributed by atoms with E-state index in [1.165, 1.54) is 6.07 Å². The molecule has 0 atom stereocenters. The number of carboxylic acid groups (broad SMARTS) is 1. The van der Waals surface area contributed by atoms with Gasteiger partial charge in [-0.25, -0.2) is 4.79 Å². The fourth-order valence-electron chi connectivity index (χ4n) is 0.942. The number of halogens is 1. The van der Waals surface area contributed by atoms with Crippen molar-refractivity contribution in [3.63, 3.8) is 0 Å².